The summed E-state index contributed by atoms with van der Waals surface area (Å²) < 4.78 is 1.80. The van der Waals surface area contributed by atoms with Gasteiger partial charge in [0, 0.05) is 18.9 Å². The fourth-order valence-corrected chi connectivity index (χ4v) is 2.57. The van der Waals surface area contributed by atoms with E-state index >= 15 is 0 Å². The number of nitrogens with zero attached hydrogens (tertiary/aromatic N) is 2. The Labute approximate surface area is 126 Å². The molecular formula is C16H14N2O4. The number of amides is 2. The maximum atomic E-state index is 12.3. The molecule has 1 aromatic heterocycles. The zero-order valence-corrected chi connectivity index (χ0v) is 12.2. The quantitative estimate of drug-likeness (QED) is 0.812. The number of rotatable bonds is 3. The fraction of sp³-hybridized carbons (Fsp3) is 0.188. The Morgan fingerprint density at radius 3 is 2.23 bits per heavy atom. The van der Waals surface area contributed by atoms with E-state index in [0.29, 0.717) is 17.0 Å². The summed E-state index contributed by atoms with van der Waals surface area (Å²) in [4.78, 5) is 41.6. The summed E-state index contributed by atoms with van der Waals surface area (Å²) in [6.07, 6.45) is 2.37. The summed E-state index contributed by atoms with van der Waals surface area (Å²) in [5.74, 6) is -1.96. The van der Waals surface area contributed by atoms with E-state index in [1.165, 1.54) is 12.1 Å². The molecular weight excluding hydrogens is 284 g/mol. The lowest BCUT2D eigenvalue weighted by molar-refractivity contribution is -0.0585. The van der Waals surface area contributed by atoms with E-state index in [0.717, 1.165) is 5.69 Å². The SMILES string of the molecule is CCc1c(C(=O)ON2C(=O)c3ccccc3C2=O)ccn1C. The van der Waals surface area contributed by atoms with Crippen molar-refractivity contribution in [2.24, 2.45) is 7.05 Å². The van der Waals surface area contributed by atoms with Gasteiger partial charge in [-0.3, -0.25) is 9.59 Å². The Bertz CT molecular complexity index is 756. The molecule has 0 radical (unpaired) electrons. The van der Waals surface area contributed by atoms with Crippen LogP contribution in [0, 0.1) is 0 Å². The minimum Gasteiger partial charge on any atom is -0.354 e. The number of benzene rings is 1. The highest BCUT2D eigenvalue weighted by atomic mass is 16.7. The molecule has 2 heterocycles. The van der Waals surface area contributed by atoms with Crippen LogP contribution < -0.4 is 0 Å². The predicted molar refractivity (Wildman–Crippen MR) is 77.1 cm³/mol. The van der Waals surface area contributed by atoms with Crippen molar-refractivity contribution in [2.75, 3.05) is 0 Å². The molecule has 6 nitrogen and oxygen atoms in total. The normalized spacial score (nSPS) is 13.5. The van der Waals surface area contributed by atoms with Gasteiger partial charge < -0.3 is 9.40 Å². The third kappa shape index (κ3) is 2.00. The summed E-state index contributed by atoms with van der Waals surface area (Å²) in [6.45, 7) is 1.91. The molecule has 22 heavy (non-hydrogen) atoms. The largest absolute Gasteiger partial charge is 0.365 e. The van der Waals surface area contributed by atoms with Gasteiger partial charge in [-0.1, -0.05) is 24.1 Å². The average molecular weight is 298 g/mol. The first-order valence-electron chi connectivity index (χ1n) is 6.89. The molecule has 2 aromatic rings. The second-order valence-corrected chi connectivity index (χ2v) is 4.97. The molecule has 0 N–H and O–H groups in total. The van der Waals surface area contributed by atoms with E-state index in [-0.39, 0.29) is 11.1 Å². The lowest BCUT2D eigenvalue weighted by Crippen LogP contribution is -2.32. The number of imide groups is 1. The van der Waals surface area contributed by atoms with Gasteiger partial charge in [-0.2, -0.15) is 0 Å². The first kappa shape index (κ1) is 14.1. The maximum Gasteiger partial charge on any atom is 0.365 e. The highest BCUT2D eigenvalue weighted by molar-refractivity contribution is 6.21. The molecule has 1 aliphatic rings. The number of hydrogen-bond acceptors (Lipinski definition) is 4. The summed E-state index contributed by atoms with van der Waals surface area (Å²) in [7, 11) is 1.82. The minimum atomic E-state index is -0.716. The number of fused-ring (bicyclic) bond motifs is 1. The third-order valence-corrected chi connectivity index (χ3v) is 3.69. The van der Waals surface area contributed by atoms with Gasteiger partial charge in [0.25, 0.3) is 11.8 Å². The van der Waals surface area contributed by atoms with Crippen molar-refractivity contribution in [3.05, 3.63) is 58.9 Å². The number of hydrogen-bond donors (Lipinski definition) is 0. The third-order valence-electron chi connectivity index (χ3n) is 3.69. The Morgan fingerprint density at radius 2 is 1.68 bits per heavy atom. The van der Waals surface area contributed by atoms with Crippen molar-refractivity contribution < 1.29 is 19.2 Å². The Balaban J connectivity index is 1.87. The maximum absolute atomic E-state index is 12.3. The molecule has 1 aromatic carbocycles. The van der Waals surface area contributed by atoms with Crippen LogP contribution in [0.3, 0.4) is 0 Å². The second kappa shape index (κ2) is 5.14. The van der Waals surface area contributed by atoms with Crippen LogP contribution >= 0.6 is 0 Å². The van der Waals surface area contributed by atoms with Gasteiger partial charge in [-0.25, -0.2) is 4.79 Å². The van der Waals surface area contributed by atoms with Gasteiger partial charge in [-0.05, 0) is 24.6 Å². The van der Waals surface area contributed by atoms with Crippen LogP contribution in [-0.4, -0.2) is 27.4 Å². The van der Waals surface area contributed by atoms with Gasteiger partial charge in [0.2, 0.25) is 0 Å². The Kier molecular flexibility index (Phi) is 3.29. The van der Waals surface area contributed by atoms with E-state index in [1.807, 2.05) is 14.0 Å². The van der Waals surface area contributed by atoms with Gasteiger partial charge in [0.1, 0.15) is 0 Å². The standard InChI is InChI=1S/C16H14N2O4/c1-3-13-12(8-9-17(13)2)16(21)22-18-14(19)10-6-4-5-7-11(10)15(18)20/h4-9H,3H2,1-2H3. The monoisotopic (exact) mass is 298 g/mol. The van der Waals surface area contributed by atoms with Crippen molar-refractivity contribution in [3.63, 3.8) is 0 Å². The van der Waals surface area contributed by atoms with Gasteiger partial charge in [-0.15, -0.1) is 0 Å². The van der Waals surface area contributed by atoms with Gasteiger partial charge in [0.05, 0.1) is 16.7 Å². The van der Waals surface area contributed by atoms with E-state index in [1.54, 1.807) is 29.0 Å². The van der Waals surface area contributed by atoms with Crippen molar-refractivity contribution in [1.29, 1.82) is 0 Å². The van der Waals surface area contributed by atoms with Crippen LogP contribution in [0.4, 0.5) is 0 Å². The predicted octanol–water partition coefficient (Wildman–Crippen LogP) is 1.96. The van der Waals surface area contributed by atoms with Crippen molar-refractivity contribution in [2.45, 2.75) is 13.3 Å². The number of carbonyl (C=O) groups is 3. The molecule has 0 bridgehead atoms. The molecule has 2 amide bonds. The second-order valence-electron chi connectivity index (χ2n) is 4.97. The van der Waals surface area contributed by atoms with E-state index in [9.17, 15) is 14.4 Å². The van der Waals surface area contributed by atoms with Gasteiger partial charge >= 0.3 is 5.97 Å². The Morgan fingerprint density at radius 1 is 1.09 bits per heavy atom. The average Bonchev–Trinajstić information content (AvgIpc) is 3.01. The fourth-order valence-electron chi connectivity index (χ4n) is 2.57. The zero-order chi connectivity index (χ0) is 15.9. The van der Waals surface area contributed by atoms with Gasteiger partial charge in [0.15, 0.2) is 0 Å². The van der Waals surface area contributed by atoms with E-state index < -0.39 is 17.8 Å². The molecule has 3 rings (SSSR count). The molecule has 0 unspecified atom stereocenters. The lowest BCUT2D eigenvalue weighted by Gasteiger charge is -2.13. The molecule has 6 heteroatoms. The first-order chi connectivity index (χ1) is 10.5. The van der Waals surface area contributed by atoms with Crippen molar-refractivity contribution in [1.82, 2.24) is 9.63 Å². The topological polar surface area (TPSA) is 68.6 Å². The molecule has 0 spiro atoms. The molecule has 0 fully saturated rings. The van der Waals surface area contributed by atoms with Crippen LogP contribution in [0.1, 0.15) is 43.7 Å². The highest BCUT2D eigenvalue weighted by Gasteiger charge is 2.39. The van der Waals surface area contributed by atoms with Crippen LogP contribution in [0.25, 0.3) is 0 Å². The number of hydroxylamine groups is 2. The number of carbonyl (C=O) groups excluding carboxylic acids is 3. The lowest BCUT2D eigenvalue weighted by atomic mass is 10.1. The first-order valence-corrected chi connectivity index (χ1v) is 6.89. The Hall–Kier alpha value is -2.89. The van der Waals surface area contributed by atoms with Crippen LogP contribution in [0.5, 0.6) is 0 Å². The minimum absolute atomic E-state index is 0.240. The molecule has 0 aliphatic carbocycles. The zero-order valence-electron chi connectivity index (χ0n) is 12.2. The molecule has 0 atom stereocenters. The summed E-state index contributed by atoms with van der Waals surface area (Å²) >= 11 is 0. The molecule has 0 saturated carbocycles. The number of aromatic nitrogens is 1. The molecule has 112 valence electrons. The van der Waals surface area contributed by atoms with Crippen molar-refractivity contribution >= 4 is 17.8 Å². The molecule has 0 saturated heterocycles. The summed E-state index contributed by atoms with van der Waals surface area (Å²) in [6, 6.07) is 7.98. The van der Waals surface area contributed by atoms with Crippen LogP contribution in [0.15, 0.2) is 36.5 Å². The highest BCUT2D eigenvalue weighted by Crippen LogP contribution is 2.24. The van der Waals surface area contributed by atoms with E-state index in [4.69, 9.17) is 4.84 Å². The van der Waals surface area contributed by atoms with E-state index in [2.05, 4.69) is 0 Å². The summed E-state index contributed by atoms with van der Waals surface area (Å²) in [5, 5.41) is 0.527. The van der Waals surface area contributed by atoms with Crippen LogP contribution in [-0.2, 0) is 18.3 Å². The van der Waals surface area contributed by atoms with Crippen molar-refractivity contribution in [3.8, 4) is 0 Å². The van der Waals surface area contributed by atoms with Crippen LogP contribution in [0.2, 0.25) is 0 Å². The number of aryl methyl sites for hydroxylation is 1. The smallest absolute Gasteiger partial charge is 0.354 e. The summed E-state index contributed by atoms with van der Waals surface area (Å²) in [5.41, 5.74) is 1.61. The molecule has 1 aliphatic heterocycles.